The Morgan fingerprint density at radius 2 is 2.00 bits per heavy atom. The molecule has 1 aromatic rings. The van der Waals surface area contributed by atoms with Crippen LogP contribution in [0.3, 0.4) is 0 Å². The highest BCUT2D eigenvalue weighted by atomic mass is 79.9. The number of methoxy groups -OCH3 is 1. The van der Waals surface area contributed by atoms with Crippen molar-refractivity contribution in [3.8, 4) is 5.88 Å². The van der Waals surface area contributed by atoms with E-state index < -0.39 is 0 Å². The highest BCUT2D eigenvalue weighted by molar-refractivity contribution is 9.10. The molecule has 1 rings (SSSR count). The van der Waals surface area contributed by atoms with Crippen LogP contribution in [0.4, 0.5) is 0 Å². The minimum atomic E-state index is 0.751. The first-order valence-electron chi connectivity index (χ1n) is 4.31. The molecule has 0 N–H and O–H groups in total. The highest BCUT2D eigenvalue weighted by Crippen LogP contribution is 2.28. The van der Waals surface area contributed by atoms with Gasteiger partial charge < -0.3 is 4.74 Å². The van der Waals surface area contributed by atoms with E-state index in [1.807, 2.05) is 6.92 Å². The molecule has 0 fully saturated rings. The van der Waals surface area contributed by atoms with Gasteiger partial charge in [-0.25, -0.2) is 4.98 Å². The van der Waals surface area contributed by atoms with E-state index >= 15 is 0 Å². The maximum atomic E-state index is 5.22. The lowest BCUT2D eigenvalue weighted by Gasteiger charge is -2.12. The summed E-state index contributed by atoms with van der Waals surface area (Å²) in [4.78, 5) is 4.35. The van der Waals surface area contributed by atoms with Gasteiger partial charge in [0.05, 0.1) is 12.8 Å². The Morgan fingerprint density at radius 3 is 2.46 bits per heavy atom. The summed E-state index contributed by atoms with van der Waals surface area (Å²) < 4.78 is 6.31. The van der Waals surface area contributed by atoms with E-state index in [9.17, 15) is 0 Å². The van der Waals surface area contributed by atoms with Gasteiger partial charge in [-0.1, -0.05) is 6.92 Å². The van der Waals surface area contributed by atoms with E-state index in [0.717, 1.165) is 22.5 Å². The number of rotatable bonds is 2. The van der Waals surface area contributed by atoms with Gasteiger partial charge in [-0.2, -0.15) is 0 Å². The van der Waals surface area contributed by atoms with Crippen LogP contribution >= 0.6 is 15.9 Å². The van der Waals surface area contributed by atoms with Crippen molar-refractivity contribution in [2.45, 2.75) is 27.2 Å². The monoisotopic (exact) mass is 243 g/mol. The predicted molar refractivity (Wildman–Crippen MR) is 57.3 cm³/mol. The Bertz CT molecular complexity index is 323. The number of hydrogen-bond donors (Lipinski definition) is 0. The lowest BCUT2D eigenvalue weighted by Crippen LogP contribution is -2.00. The molecular formula is C10H14BrNO. The van der Waals surface area contributed by atoms with Crippen molar-refractivity contribution in [2.75, 3.05) is 7.11 Å². The van der Waals surface area contributed by atoms with E-state index in [1.165, 1.54) is 11.1 Å². The summed E-state index contributed by atoms with van der Waals surface area (Å²) in [5.74, 6) is 0.751. The van der Waals surface area contributed by atoms with Crippen LogP contribution in [0.2, 0.25) is 0 Å². The van der Waals surface area contributed by atoms with Crippen LogP contribution in [0.1, 0.15) is 23.7 Å². The molecule has 3 heteroatoms. The Labute approximate surface area is 87.5 Å². The normalized spacial score (nSPS) is 10.2. The summed E-state index contributed by atoms with van der Waals surface area (Å²) in [7, 11) is 1.66. The van der Waals surface area contributed by atoms with Crippen molar-refractivity contribution in [2.24, 2.45) is 0 Å². The van der Waals surface area contributed by atoms with Gasteiger partial charge in [0.15, 0.2) is 0 Å². The molecule has 0 saturated carbocycles. The summed E-state index contributed by atoms with van der Waals surface area (Å²) in [6, 6.07) is 0. The van der Waals surface area contributed by atoms with Crippen LogP contribution in [0.5, 0.6) is 5.88 Å². The first-order valence-corrected chi connectivity index (χ1v) is 5.10. The number of nitrogens with zero attached hydrogens (tertiary/aromatic N) is 1. The van der Waals surface area contributed by atoms with Crippen LogP contribution in [-0.4, -0.2) is 12.1 Å². The van der Waals surface area contributed by atoms with Gasteiger partial charge in [0.2, 0.25) is 5.88 Å². The van der Waals surface area contributed by atoms with Gasteiger partial charge in [0.25, 0.3) is 0 Å². The maximum absolute atomic E-state index is 5.22. The standard InChI is InChI=1S/C10H14BrNO/c1-5-8-6(2)9(11)7(3)12-10(8)13-4/h5H2,1-4H3. The molecule has 0 spiro atoms. The van der Waals surface area contributed by atoms with Crippen LogP contribution < -0.4 is 4.74 Å². The molecule has 1 aromatic heterocycles. The summed E-state index contributed by atoms with van der Waals surface area (Å²) >= 11 is 3.52. The Kier molecular flexibility index (Phi) is 3.31. The number of hydrogen-bond acceptors (Lipinski definition) is 2. The average Bonchev–Trinajstić information content (AvgIpc) is 2.13. The zero-order chi connectivity index (χ0) is 10.0. The summed E-state index contributed by atoms with van der Waals surface area (Å²) in [5, 5.41) is 0. The van der Waals surface area contributed by atoms with Crippen LogP contribution in [0.15, 0.2) is 4.47 Å². The molecule has 0 amide bonds. The number of ether oxygens (including phenoxy) is 1. The maximum Gasteiger partial charge on any atom is 0.216 e. The van der Waals surface area contributed by atoms with Crippen LogP contribution in [0.25, 0.3) is 0 Å². The summed E-state index contributed by atoms with van der Waals surface area (Å²) in [6.07, 6.45) is 0.945. The lowest BCUT2D eigenvalue weighted by atomic mass is 10.1. The molecule has 0 radical (unpaired) electrons. The van der Waals surface area contributed by atoms with Crippen LogP contribution in [0, 0.1) is 13.8 Å². The predicted octanol–water partition coefficient (Wildman–Crippen LogP) is 3.03. The summed E-state index contributed by atoms with van der Waals surface area (Å²) in [5.41, 5.74) is 3.39. The van der Waals surface area contributed by atoms with Gasteiger partial charge in [0, 0.05) is 10.0 Å². The molecule has 2 nitrogen and oxygen atoms in total. The van der Waals surface area contributed by atoms with Gasteiger partial charge in [-0.3, -0.25) is 0 Å². The molecule has 0 saturated heterocycles. The SMILES string of the molecule is CCc1c(OC)nc(C)c(Br)c1C. The third-order valence-corrected chi connectivity index (χ3v) is 3.34. The molecule has 72 valence electrons. The number of pyridine rings is 1. The molecule has 1 heterocycles. The molecule has 0 atom stereocenters. The molecule has 0 bridgehead atoms. The van der Waals surface area contributed by atoms with Crippen molar-refractivity contribution in [3.05, 3.63) is 21.3 Å². The zero-order valence-electron chi connectivity index (χ0n) is 8.44. The van der Waals surface area contributed by atoms with Crippen molar-refractivity contribution in [1.82, 2.24) is 4.98 Å². The molecule has 0 aliphatic carbocycles. The van der Waals surface area contributed by atoms with Crippen molar-refractivity contribution >= 4 is 15.9 Å². The van der Waals surface area contributed by atoms with Crippen molar-refractivity contribution in [1.29, 1.82) is 0 Å². The number of aromatic nitrogens is 1. The van der Waals surface area contributed by atoms with Crippen molar-refractivity contribution in [3.63, 3.8) is 0 Å². The third kappa shape index (κ3) is 1.85. The van der Waals surface area contributed by atoms with Crippen molar-refractivity contribution < 1.29 is 4.74 Å². The molecular weight excluding hydrogens is 230 g/mol. The highest BCUT2D eigenvalue weighted by Gasteiger charge is 2.11. The van der Waals surface area contributed by atoms with E-state index in [0.29, 0.717) is 0 Å². The van der Waals surface area contributed by atoms with Gasteiger partial charge in [0.1, 0.15) is 0 Å². The fourth-order valence-corrected chi connectivity index (χ4v) is 1.75. The van der Waals surface area contributed by atoms with Gasteiger partial charge >= 0.3 is 0 Å². The fraction of sp³-hybridized carbons (Fsp3) is 0.500. The first-order chi connectivity index (χ1) is 6.11. The fourth-order valence-electron chi connectivity index (χ4n) is 1.42. The number of aryl methyl sites for hydroxylation is 1. The van der Waals surface area contributed by atoms with E-state index in [-0.39, 0.29) is 0 Å². The Hall–Kier alpha value is -0.570. The largest absolute Gasteiger partial charge is 0.481 e. The quantitative estimate of drug-likeness (QED) is 0.797. The molecule has 13 heavy (non-hydrogen) atoms. The first kappa shape index (κ1) is 10.5. The minimum Gasteiger partial charge on any atom is -0.481 e. The third-order valence-electron chi connectivity index (χ3n) is 2.17. The number of halogens is 1. The molecule has 0 unspecified atom stereocenters. The second-order valence-corrected chi connectivity index (χ2v) is 3.77. The minimum absolute atomic E-state index is 0.751. The second-order valence-electron chi connectivity index (χ2n) is 2.98. The van der Waals surface area contributed by atoms with E-state index in [1.54, 1.807) is 7.11 Å². The summed E-state index contributed by atoms with van der Waals surface area (Å²) in [6.45, 7) is 6.16. The molecule has 0 aromatic carbocycles. The average molecular weight is 244 g/mol. The van der Waals surface area contributed by atoms with E-state index in [2.05, 4.69) is 34.8 Å². The van der Waals surface area contributed by atoms with E-state index in [4.69, 9.17) is 4.74 Å². The van der Waals surface area contributed by atoms with Gasteiger partial charge in [-0.05, 0) is 41.8 Å². The molecule has 0 aliphatic rings. The topological polar surface area (TPSA) is 22.1 Å². The van der Waals surface area contributed by atoms with Crippen LogP contribution in [-0.2, 0) is 6.42 Å². The van der Waals surface area contributed by atoms with Gasteiger partial charge in [-0.15, -0.1) is 0 Å². The molecule has 0 aliphatic heterocycles. The Morgan fingerprint density at radius 1 is 1.38 bits per heavy atom. The lowest BCUT2D eigenvalue weighted by molar-refractivity contribution is 0.391. The Balaban J connectivity index is 3.39. The smallest absolute Gasteiger partial charge is 0.216 e. The zero-order valence-corrected chi connectivity index (χ0v) is 10.0. The second kappa shape index (κ2) is 4.09.